The van der Waals surface area contributed by atoms with E-state index in [-0.39, 0.29) is 0 Å². The zero-order chi connectivity index (χ0) is 13.1. The maximum Gasteiger partial charge on any atom is -0.00161 e. The fourth-order valence-corrected chi connectivity index (χ4v) is 2.98. The Balaban J connectivity index is 0.00000121. The first-order valence-corrected chi connectivity index (χ1v) is 8.04. The molecule has 0 spiro atoms. The molecule has 0 bridgehead atoms. The Kier molecular flexibility index (Phi) is 11.0. The second-order valence-electron chi connectivity index (χ2n) is 5.08. The largest absolute Gasteiger partial charge is 0.304 e. The molecule has 0 aromatic carbocycles. The van der Waals surface area contributed by atoms with Gasteiger partial charge < -0.3 is 4.90 Å². The normalized spacial score (nSPS) is 19.6. The van der Waals surface area contributed by atoms with Crippen LogP contribution in [0.5, 0.6) is 0 Å². The summed E-state index contributed by atoms with van der Waals surface area (Å²) in [6, 6.07) is 0. The quantitative estimate of drug-likeness (QED) is 0.635. The smallest absolute Gasteiger partial charge is 0.00161 e. The van der Waals surface area contributed by atoms with E-state index in [0.29, 0.717) is 0 Å². The van der Waals surface area contributed by atoms with E-state index in [2.05, 4.69) is 25.7 Å². The van der Waals surface area contributed by atoms with Crippen LogP contribution < -0.4 is 0 Å². The summed E-state index contributed by atoms with van der Waals surface area (Å²) in [6.07, 6.45) is 8.59. The highest BCUT2D eigenvalue weighted by Crippen LogP contribution is 2.30. The van der Waals surface area contributed by atoms with Gasteiger partial charge in [0.05, 0.1) is 0 Å². The Hall–Kier alpha value is -0.0400. The van der Waals surface area contributed by atoms with Gasteiger partial charge in [-0.2, -0.15) is 0 Å². The Morgan fingerprint density at radius 1 is 1.06 bits per heavy atom. The minimum Gasteiger partial charge on any atom is -0.304 e. The summed E-state index contributed by atoms with van der Waals surface area (Å²) in [5.74, 6) is 2.05. The molecule has 1 atom stereocenters. The number of piperidine rings is 1. The van der Waals surface area contributed by atoms with Crippen LogP contribution in [0.4, 0.5) is 0 Å². The molecule has 1 fully saturated rings. The Morgan fingerprint density at radius 3 is 2.06 bits per heavy atom. The van der Waals surface area contributed by atoms with Crippen LogP contribution in [-0.4, -0.2) is 24.5 Å². The monoisotopic (exact) mass is 241 g/mol. The molecule has 1 unspecified atom stereocenters. The molecule has 0 aromatic heterocycles. The van der Waals surface area contributed by atoms with Crippen molar-refractivity contribution in [1.82, 2.24) is 4.90 Å². The first-order chi connectivity index (χ1) is 8.31. The van der Waals surface area contributed by atoms with E-state index in [1.165, 1.54) is 58.2 Å². The van der Waals surface area contributed by atoms with Crippen LogP contribution in [0.3, 0.4) is 0 Å². The summed E-state index contributed by atoms with van der Waals surface area (Å²) in [5, 5.41) is 0. The van der Waals surface area contributed by atoms with E-state index >= 15 is 0 Å². The Bertz CT molecular complexity index is 148. The molecule has 0 amide bonds. The van der Waals surface area contributed by atoms with Gasteiger partial charge in [0.15, 0.2) is 0 Å². The number of unbranched alkanes of at least 4 members (excludes halogenated alkanes) is 1. The van der Waals surface area contributed by atoms with E-state index in [1.54, 1.807) is 0 Å². The van der Waals surface area contributed by atoms with Gasteiger partial charge in [-0.25, -0.2) is 0 Å². The average Bonchev–Trinajstić information content (AvgIpc) is 2.42. The molecule has 1 heterocycles. The lowest BCUT2D eigenvalue weighted by molar-refractivity contribution is 0.144. The fourth-order valence-electron chi connectivity index (χ4n) is 2.98. The van der Waals surface area contributed by atoms with Gasteiger partial charge in [0.25, 0.3) is 0 Å². The summed E-state index contributed by atoms with van der Waals surface area (Å²) < 4.78 is 0. The van der Waals surface area contributed by atoms with Gasteiger partial charge >= 0.3 is 0 Å². The maximum atomic E-state index is 2.60. The molecule has 0 radical (unpaired) electrons. The third-order valence-electron chi connectivity index (χ3n) is 4.20. The number of nitrogens with zero attached hydrogens (tertiary/aromatic N) is 1. The first kappa shape index (κ1) is 17.0. The molecule has 17 heavy (non-hydrogen) atoms. The lowest BCUT2D eigenvalue weighted by atomic mass is 9.80. The molecule has 104 valence electrons. The number of rotatable bonds is 6. The van der Waals surface area contributed by atoms with Gasteiger partial charge in [0, 0.05) is 0 Å². The summed E-state index contributed by atoms with van der Waals surface area (Å²) in [4.78, 5) is 2.60. The third-order valence-corrected chi connectivity index (χ3v) is 4.20. The molecule has 1 nitrogen and oxygen atoms in total. The summed E-state index contributed by atoms with van der Waals surface area (Å²) in [5.41, 5.74) is 0. The minimum absolute atomic E-state index is 1.02. The van der Waals surface area contributed by atoms with Crippen molar-refractivity contribution in [2.45, 2.75) is 73.1 Å². The molecular formula is C16H35N. The average molecular weight is 241 g/mol. The SMILES string of the molecule is CC.CCCCC(CC)C1CCN(CC)CC1. The zero-order valence-electron chi connectivity index (χ0n) is 13.0. The summed E-state index contributed by atoms with van der Waals surface area (Å²) in [7, 11) is 0. The van der Waals surface area contributed by atoms with Crippen molar-refractivity contribution in [3.8, 4) is 0 Å². The Morgan fingerprint density at radius 2 is 1.65 bits per heavy atom. The number of hydrogen-bond acceptors (Lipinski definition) is 1. The molecule has 0 saturated carbocycles. The highest BCUT2D eigenvalue weighted by molar-refractivity contribution is 4.76. The fraction of sp³-hybridized carbons (Fsp3) is 1.00. The van der Waals surface area contributed by atoms with Crippen molar-refractivity contribution in [2.24, 2.45) is 11.8 Å². The lowest BCUT2D eigenvalue weighted by Gasteiger charge is -2.35. The van der Waals surface area contributed by atoms with Crippen molar-refractivity contribution >= 4 is 0 Å². The van der Waals surface area contributed by atoms with Gasteiger partial charge in [0.1, 0.15) is 0 Å². The lowest BCUT2D eigenvalue weighted by Crippen LogP contribution is -2.35. The minimum atomic E-state index is 1.02. The molecular weight excluding hydrogens is 206 g/mol. The maximum absolute atomic E-state index is 2.60. The molecule has 1 heteroatoms. The van der Waals surface area contributed by atoms with E-state index < -0.39 is 0 Å². The topological polar surface area (TPSA) is 3.24 Å². The second kappa shape index (κ2) is 11.1. The van der Waals surface area contributed by atoms with Gasteiger partial charge in [-0.1, -0.05) is 60.3 Å². The zero-order valence-corrected chi connectivity index (χ0v) is 13.0. The molecule has 1 rings (SSSR count). The predicted molar refractivity (Wildman–Crippen MR) is 79.5 cm³/mol. The van der Waals surface area contributed by atoms with Crippen LogP contribution in [0, 0.1) is 11.8 Å². The highest BCUT2D eigenvalue weighted by Gasteiger charge is 2.24. The van der Waals surface area contributed by atoms with E-state index in [9.17, 15) is 0 Å². The van der Waals surface area contributed by atoms with Crippen molar-refractivity contribution in [3.05, 3.63) is 0 Å². The summed E-state index contributed by atoms with van der Waals surface area (Å²) >= 11 is 0. The van der Waals surface area contributed by atoms with Crippen LogP contribution in [0.2, 0.25) is 0 Å². The molecule has 1 aliphatic heterocycles. The molecule has 1 saturated heterocycles. The predicted octanol–water partition coefficient (Wildman–Crippen LogP) is 4.96. The molecule has 1 aliphatic rings. The Labute approximate surface area is 110 Å². The van der Waals surface area contributed by atoms with Crippen LogP contribution in [0.25, 0.3) is 0 Å². The van der Waals surface area contributed by atoms with Gasteiger partial charge in [-0.3, -0.25) is 0 Å². The van der Waals surface area contributed by atoms with Crippen molar-refractivity contribution in [2.75, 3.05) is 19.6 Å². The van der Waals surface area contributed by atoms with E-state index in [0.717, 1.165) is 11.8 Å². The van der Waals surface area contributed by atoms with Crippen molar-refractivity contribution < 1.29 is 0 Å². The van der Waals surface area contributed by atoms with Gasteiger partial charge in [-0.05, 0) is 44.3 Å². The molecule has 0 aromatic rings. The number of hydrogen-bond donors (Lipinski definition) is 0. The molecule has 0 N–H and O–H groups in total. The molecule has 0 aliphatic carbocycles. The summed E-state index contributed by atoms with van der Waals surface area (Å²) in [6.45, 7) is 14.9. The van der Waals surface area contributed by atoms with Crippen LogP contribution in [0.15, 0.2) is 0 Å². The highest BCUT2D eigenvalue weighted by atomic mass is 15.1. The van der Waals surface area contributed by atoms with Crippen LogP contribution >= 0.6 is 0 Å². The number of likely N-dealkylation sites (tertiary alicyclic amines) is 1. The first-order valence-electron chi connectivity index (χ1n) is 8.04. The van der Waals surface area contributed by atoms with Gasteiger partial charge in [0.2, 0.25) is 0 Å². The van der Waals surface area contributed by atoms with Crippen molar-refractivity contribution in [3.63, 3.8) is 0 Å². The third kappa shape index (κ3) is 6.45. The van der Waals surface area contributed by atoms with E-state index in [1.807, 2.05) is 13.8 Å². The second-order valence-corrected chi connectivity index (χ2v) is 5.08. The van der Waals surface area contributed by atoms with Gasteiger partial charge in [-0.15, -0.1) is 0 Å². The van der Waals surface area contributed by atoms with Crippen LogP contribution in [0.1, 0.15) is 73.1 Å². The van der Waals surface area contributed by atoms with Crippen LogP contribution in [-0.2, 0) is 0 Å². The van der Waals surface area contributed by atoms with Crippen molar-refractivity contribution in [1.29, 1.82) is 0 Å². The van der Waals surface area contributed by atoms with E-state index in [4.69, 9.17) is 0 Å². The standard InChI is InChI=1S/C14H29N.C2H6/c1-4-7-8-13(5-2)14-9-11-15(6-3)12-10-14;1-2/h13-14H,4-12H2,1-3H3;1-2H3.